The van der Waals surface area contributed by atoms with Crippen molar-refractivity contribution in [3.8, 4) is 5.75 Å². The molecule has 1 aromatic carbocycles. The summed E-state index contributed by atoms with van der Waals surface area (Å²) in [5.41, 5.74) is 0.513. The average molecular weight is 446 g/mol. The van der Waals surface area contributed by atoms with Gasteiger partial charge in [-0.1, -0.05) is 6.07 Å². The fraction of sp³-hybridized carbons (Fsp3) is 0.143. The Balaban J connectivity index is 2.18. The van der Waals surface area contributed by atoms with Crippen molar-refractivity contribution < 1.29 is 34.1 Å². The highest BCUT2D eigenvalue weighted by Crippen LogP contribution is 2.24. The lowest BCUT2D eigenvalue weighted by molar-refractivity contribution is -0.140. The van der Waals surface area contributed by atoms with Crippen molar-refractivity contribution in [2.45, 2.75) is 0 Å². The van der Waals surface area contributed by atoms with Gasteiger partial charge < -0.3 is 20.3 Å². The molecule has 24 heavy (non-hydrogen) atoms. The van der Waals surface area contributed by atoms with Gasteiger partial charge in [0.25, 0.3) is 5.91 Å². The van der Waals surface area contributed by atoms with Gasteiger partial charge in [-0.05, 0) is 46.4 Å². The molecule has 0 saturated carbocycles. The van der Waals surface area contributed by atoms with E-state index in [1.54, 1.807) is 12.1 Å². The molecule has 0 spiro atoms. The van der Waals surface area contributed by atoms with Crippen LogP contribution in [0, 0.1) is 3.57 Å². The summed E-state index contributed by atoms with van der Waals surface area (Å²) in [5.74, 6) is -2.76. The Kier molecular flexibility index (Phi) is 5.39. The molecule has 0 radical (unpaired) electrons. The van der Waals surface area contributed by atoms with Crippen LogP contribution in [-0.2, 0) is 14.4 Å². The minimum atomic E-state index is -1.30. The van der Waals surface area contributed by atoms with Crippen LogP contribution in [0.25, 0.3) is 6.08 Å². The van der Waals surface area contributed by atoms with E-state index in [4.69, 9.17) is 14.9 Å². The Morgan fingerprint density at radius 3 is 2.54 bits per heavy atom. The van der Waals surface area contributed by atoms with Crippen LogP contribution >= 0.6 is 22.6 Å². The summed E-state index contributed by atoms with van der Waals surface area (Å²) in [6.45, 7) is -1.20. The van der Waals surface area contributed by atoms with Crippen LogP contribution in [0.5, 0.6) is 5.75 Å². The molecule has 1 heterocycles. The highest BCUT2D eigenvalue weighted by molar-refractivity contribution is 14.1. The van der Waals surface area contributed by atoms with Crippen LogP contribution < -0.4 is 10.1 Å². The Morgan fingerprint density at radius 1 is 1.25 bits per heavy atom. The molecule has 10 heteroatoms. The van der Waals surface area contributed by atoms with E-state index in [9.17, 15) is 19.2 Å². The smallest absolute Gasteiger partial charge is 0.341 e. The zero-order chi connectivity index (χ0) is 17.9. The van der Waals surface area contributed by atoms with Crippen LogP contribution in [0.4, 0.5) is 4.79 Å². The van der Waals surface area contributed by atoms with Gasteiger partial charge in [0.2, 0.25) is 0 Å². The molecule has 1 aromatic rings. The molecule has 3 N–H and O–H groups in total. The van der Waals surface area contributed by atoms with E-state index in [1.807, 2.05) is 22.6 Å². The first-order chi connectivity index (χ1) is 11.3. The molecular weight excluding hydrogens is 435 g/mol. The van der Waals surface area contributed by atoms with Gasteiger partial charge in [-0.15, -0.1) is 0 Å². The Hall–Kier alpha value is -2.63. The topological polar surface area (TPSA) is 133 Å². The number of nitrogens with zero attached hydrogens (tertiary/aromatic N) is 1. The van der Waals surface area contributed by atoms with Gasteiger partial charge in [0.15, 0.2) is 6.61 Å². The summed E-state index contributed by atoms with van der Waals surface area (Å²) in [6, 6.07) is 3.94. The summed E-state index contributed by atoms with van der Waals surface area (Å²) in [7, 11) is 0. The number of nitrogens with one attached hydrogen (secondary N) is 1. The summed E-state index contributed by atoms with van der Waals surface area (Å²) < 4.78 is 5.70. The van der Waals surface area contributed by atoms with Crippen molar-refractivity contribution in [1.29, 1.82) is 0 Å². The third-order valence-electron chi connectivity index (χ3n) is 2.87. The van der Waals surface area contributed by atoms with E-state index in [-0.39, 0.29) is 5.70 Å². The number of hydrogen-bond acceptors (Lipinski definition) is 5. The molecule has 1 saturated heterocycles. The summed E-state index contributed by atoms with van der Waals surface area (Å²) in [5, 5.41) is 19.6. The fourth-order valence-electron chi connectivity index (χ4n) is 1.88. The molecule has 0 bridgehead atoms. The van der Waals surface area contributed by atoms with Crippen molar-refractivity contribution in [1.82, 2.24) is 10.2 Å². The Bertz CT molecular complexity index is 759. The van der Waals surface area contributed by atoms with Crippen molar-refractivity contribution >= 4 is 52.5 Å². The number of carbonyl (C=O) groups excluding carboxylic acids is 2. The van der Waals surface area contributed by atoms with Crippen LogP contribution in [0.3, 0.4) is 0 Å². The van der Waals surface area contributed by atoms with E-state index in [1.165, 1.54) is 12.1 Å². The Labute approximate surface area is 149 Å². The standard InChI is InChI=1S/C14H11IN2O7/c15-8-3-7(1-2-10(8)24-6-12(20)21)4-9-13(22)17(5-11(18)19)14(23)16-9/h1-4H,5-6H2,(H,16,23)(H,18,19)(H,20,21)/b9-4+. The second-order valence-electron chi connectivity index (χ2n) is 4.65. The van der Waals surface area contributed by atoms with Gasteiger partial charge in [-0.3, -0.25) is 9.59 Å². The van der Waals surface area contributed by atoms with Gasteiger partial charge in [-0.25, -0.2) is 14.5 Å². The van der Waals surface area contributed by atoms with Gasteiger partial charge in [0, 0.05) is 0 Å². The minimum Gasteiger partial charge on any atom is -0.481 e. The number of carboxylic acid groups (broad SMARTS) is 2. The monoisotopic (exact) mass is 446 g/mol. The molecule has 0 aromatic heterocycles. The number of ether oxygens (including phenoxy) is 1. The van der Waals surface area contributed by atoms with Crippen molar-refractivity contribution in [3.05, 3.63) is 33.0 Å². The predicted octanol–water partition coefficient (Wildman–Crippen LogP) is 0.732. The first-order valence-corrected chi connectivity index (χ1v) is 7.56. The maximum Gasteiger partial charge on any atom is 0.341 e. The number of halogens is 1. The van der Waals surface area contributed by atoms with Crippen LogP contribution in [0.1, 0.15) is 5.56 Å². The van der Waals surface area contributed by atoms with Crippen LogP contribution in [-0.4, -0.2) is 52.1 Å². The molecule has 0 aliphatic carbocycles. The molecule has 1 fully saturated rings. The quantitative estimate of drug-likeness (QED) is 0.334. The SMILES string of the molecule is O=C(O)COc1ccc(/C=C2/NC(=O)N(CC(=O)O)C2=O)cc1I. The number of imide groups is 1. The van der Waals surface area contributed by atoms with Gasteiger partial charge in [0.05, 0.1) is 3.57 Å². The maximum atomic E-state index is 12.0. The van der Waals surface area contributed by atoms with Crippen molar-refractivity contribution in [3.63, 3.8) is 0 Å². The number of hydrogen-bond donors (Lipinski definition) is 3. The number of carboxylic acids is 2. The number of carbonyl (C=O) groups is 4. The molecule has 9 nitrogen and oxygen atoms in total. The second kappa shape index (κ2) is 7.29. The average Bonchev–Trinajstić information content (AvgIpc) is 2.73. The summed E-state index contributed by atoms with van der Waals surface area (Å²) in [4.78, 5) is 45.3. The first-order valence-electron chi connectivity index (χ1n) is 6.48. The normalized spacial score (nSPS) is 15.5. The summed E-state index contributed by atoms with van der Waals surface area (Å²) in [6.07, 6.45) is 1.39. The van der Waals surface area contributed by atoms with E-state index in [2.05, 4.69) is 5.32 Å². The molecule has 2 rings (SSSR count). The Morgan fingerprint density at radius 2 is 1.96 bits per heavy atom. The third kappa shape index (κ3) is 4.22. The third-order valence-corrected chi connectivity index (χ3v) is 3.72. The number of amides is 3. The molecule has 1 aliphatic rings. The largest absolute Gasteiger partial charge is 0.481 e. The number of aliphatic carboxylic acids is 2. The lowest BCUT2D eigenvalue weighted by Crippen LogP contribution is -2.35. The second-order valence-corrected chi connectivity index (χ2v) is 5.81. The van der Waals surface area contributed by atoms with Gasteiger partial charge in [0.1, 0.15) is 18.0 Å². The number of urea groups is 1. The van der Waals surface area contributed by atoms with Gasteiger partial charge >= 0.3 is 18.0 Å². The number of benzene rings is 1. The highest BCUT2D eigenvalue weighted by atomic mass is 127. The van der Waals surface area contributed by atoms with Gasteiger partial charge in [-0.2, -0.15) is 0 Å². The zero-order valence-electron chi connectivity index (χ0n) is 12.0. The molecule has 1 aliphatic heterocycles. The maximum absolute atomic E-state index is 12.0. The first kappa shape index (κ1) is 17.7. The number of rotatable bonds is 6. The van der Waals surface area contributed by atoms with Crippen molar-refractivity contribution in [2.75, 3.05) is 13.2 Å². The van der Waals surface area contributed by atoms with E-state index in [0.717, 1.165) is 0 Å². The van der Waals surface area contributed by atoms with Crippen LogP contribution in [0.2, 0.25) is 0 Å². The molecular formula is C14H11IN2O7. The van der Waals surface area contributed by atoms with Crippen LogP contribution in [0.15, 0.2) is 23.9 Å². The fourth-order valence-corrected chi connectivity index (χ4v) is 2.58. The zero-order valence-corrected chi connectivity index (χ0v) is 14.1. The lowest BCUT2D eigenvalue weighted by atomic mass is 10.2. The van der Waals surface area contributed by atoms with Crippen molar-refractivity contribution in [2.24, 2.45) is 0 Å². The highest BCUT2D eigenvalue weighted by Gasteiger charge is 2.34. The minimum absolute atomic E-state index is 0.0451. The molecule has 0 unspecified atom stereocenters. The summed E-state index contributed by atoms with van der Waals surface area (Å²) >= 11 is 1.94. The lowest BCUT2D eigenvalue weighted by Gasteiger charge is -2.07. The molecule has 0 atom stereocenters. The predicted molar refractivity (Wildman–Crippen MR) is 88.1 cm³/mol. The van der Waals surface area contributed by atoms with E-state index in [0.29, 0.717) is 19.8 Å². The molecule has 126 valence electrons. The molecule has 3 amide bonds. The van der Waals surface area contributed by atoms with E-state index >= 15 is 0 Å². The van der Waals surface area contributed by atoms with E-state index < -0.39 is 37.0 Å².